The number of aromatic amines is 1. The Morgan fingerprint density at radius 2 is 1.27 bits per heavy atom. The van der Waals surface area contributed by atoms with E-state index in [0.717, 1.165) is 4.57 Å². The van der Waals surface area contributed by atoms with E-state index >= 15 is 0 Å². The molecule has 0 aliphatic carbocycles. The SMILES string of the molecule is C=CCc1cn(C2OC(COC(=O)c3ccccc3)C(OC(=O)c3ccccc3)C2OC(=O)c2ccccc2)c(=O)[nH]c1=O. The van der Waals surface area contributed by atoms with E-state index in [2.05, 4.69) is 11.6 Å². The van der Waals surface area contributed by atoms with Crippen molar-refractivity contribution >= 4 is 17.9 Å². The second-order valence-corrected chi connectivity index (χ2v) is 9.82. The van der Waals surface area contributed by atoms with E-state index in [4.69, 9.17) is 18.9 Å². The molecule has 4 atom stereocenters. The summed E-state index contributed by atoms with van der Waals surface area (Å²) in [7, 11) is 0. The van der Waals surface area contributed by atoms with E-state index in [1.54, 1.807) is 78.9 Å². The average Bonchev–Trinajstić information content (AvgIpc) is 3.38. The van der Waals surface area contributed by atoms with E-state index in [1.165, 1.54) is 24.4 Å². The van der Waals surface area contributed by atoms with Crippen molar-refractivity contribution in [3.05, 3.63) is 153 Å². The van der Waals surface area contributed by atoms with Gasteiger partial charge in [0.25, 0.3) is 5.56 Å². The summed E-state index contributed by atoms with van der Waals surface area (Å²) in [5.74, 6) is -2.21. The Hall–Kier alpha value is -5.55. The summed E-state index contributed by atoms with van der Waals surface area (Å²) in [5.41, 5.74) is -0.616. The molecular weight excluding hydrogens is 568 g/mol. The number of nitrogens with one attached hydrogen (secondary N) is 1. The van der Waals surface area contributed by atoms with Gasteiger partial charge in [-0.25, -0.2) is 19.2 Å². The van der Waals surface area contributed by atoms with Crippen LogP contribution in [0.15, 0.2) is 119 Å². The van der Waals surface area contributed by atoms with Gasteiger partial charge in [0.1, 0.15) is 12.7 Å². The van der Waals surface area contributed by atoms with Crippen molar-refractivity contribution in [1.82, 2.24) is 9.55 Å². The second kappa shape index (κ2) is 13.6. The fraction of sp³-hybridized carbons (Fsp3) is 0.182. The fourth-order valence-corrected chi connectivity index (χ4v) is 4.70. The average molecular weight is 597 g/mol. The van der Waals surface area contributed by atoms with Crippen molar-refractivity contribution in [1.29, 1.82) is 0 Å². The van der Waals surface area contributed by atoms with Gasteiger partial charge in [-0.15, -0.1) is 6.58 Å². The Morgan fingerprint density at radius 3 is 1.80 bits per heavy atom. The van der Waals surface area contributed by atoms with E-state index < -0.39 is 60.3 Å². The van der Waals surface area contributed by atoms with Gasteiger partial charge in [-0.3, -0.25) is 14.3 Å². The van der Waals surface area contributed by atoms with Crippen molar-refractivity contribution in [2.45, 2.75) is 31.0 Å². The molecule has 1 saturated heterocycles. The number of nitrogens with zero attached hydrogens (tertiary/aromatic N) is 1. The highest BCUT2D eigenvalue weighted by molar-refractivity contribution is 5.91. The Kier molecular flexibility index (Phi) is 9.26. The van der Waals surface area contributed by atoms with Crippen molar-refractivity contribution in [3.8, 4) is 0 Å². The lowest BCUT2D eigenvalue weighted by Crippen LogP contribution is -2.43. The monoisotopic (exact) mass is 596 g/mol. The molecular formula is C33H28N2O9. The number of ether oxygens (including phenoxy) is 4. The predicted molar refractivity (Wildman–Crippen MR) is 157 cm³/mol. The number of H-pyrrole nitrogens is 1. The van der Waals surface area contributed by atoms with Crippen LogP contribution >= 0.6 is 0 Å². The lowest BCUT2D eigenvalue weighted by molar-refractivity contribution is -0.0640. The van der Waals surface area contributed by atoms with Crippen LogP contribution in [0.4, 0.5) is 0 Å². The first-order valence-electron chi connectivity index (χ1n) is 13.7. The molecule has 3 aromatic carbocycles. The van der Waals surface area contributed by atoms with E-state index in [1.807, 2.05) is 0 Å². The van der Waals surface area contributed by atoms with Crippen LogP contribution in [0.1, 0.15) is 42.9 Å². The van der Waals surface area contributed by atoms with Crippen molar-refractivity contribution in [2.24, 2.45) is 0 Å². The molecule has 2 heterocycles. The first kappa shape index (κ1) is 29.9. The van der Waals surface area contributed by atoms with Crippen LogP contribution in [0.2, 0.25) is 0 Å². The minimum atomic E-state index is -1.41. The van der Waals surface area contributed by atoms with E-state index in [9.17, 15) is 24.0 Å². The van der Waals surface area contributed by atoms with Crippen LogP contribution in [-0.4, -0.2) is 52.4 Å². The standard InChI is InChI=1S/C33H28N2O9/c1-2-12-24-19-35(33(40)34-28(24)36)29-27(44-32(39)23-17-10-5-11-18-23)26(43-31(38)22-15-8-4-9-16-22)25(42-29)20-41-30(37)21-13-6-3-7-14-21/h2-11,13-19,25-27,29H,1,12,20H2,(H,34,36,40). The number of carbonyl (C=O) groups excluding carboxylic acids is 3. The lowest BCUT2D eigenvalue weighted by Gasteiger charge is -2.25. The Morgan fingerprint density at radius 1 is 0.773 bits per heavy atom. The van der Waals surface area contributed by atoms with Gasteiger partial charge in [0.15, 0.2) is 18.4 Å². The van der Waals surface area contributed by atoms with Gasteiger partial charge in [0.2, 0.25) is 0 Å². The minimum absolute atomic E-state index is 0.126. The Bertz CT molecular complexity index is 1750. The molecule has 224 valence electrons. The van der Waals surface area contributed by atoms with E-state index in [-0.39, 0.29) is 28.7 Å². The molecule has 0 radical (unpaired) electrons. The first-order valence-corrected chi connectivity index (χ1v) is 13.7. The zero-order valence-electron chi connectivity index (χ0n) is 23.4. The first-order chi connectivity index (χ1) is 21.4. The molecule has 0 amide bonds. The zero-order valence-corrected chi connectivity index (χ0v) is 23.4. The summed E-state index contributed by atoms with van der Waals surface area (Å²) in [6.07, 6.45) is -2.44. The Balaban J connectivity index is 1.54. The summed E-state index contributed by atoms with van der Waals surface area (Å²) in [5, 5.41) is 0. The summed E-state index contributed by atoms with van der Waals surface area (Å²) < 4.78 is 24.4. The van der Waals surface area contributed by atoms with E-state index in [0.29, 0.717) is 0 Å². The molecule has 4 aromatic rings. The summed E-state index contributed by atoms with van der Waals surface area (Å²) in [6.45, 7) is 3.22. The second-order valence-electron chi connectivity index (χ2n) is 9.82. The summed E-state index contributed by atoms with van der Waals surface area (Å²) >= 11 is 0. The van der Waals surface area contributed by atoms with Gasteiger partial charge in [-0.2, -0.15) is 0 Å². The number of allylic oxidation sites excluding steroid dienone is 1. The van der Waals surface area contributed by atoms with Crippen LogP contribution in [0.3, 0.4) is 0 Å². The third-order valence-corrected chi connectivity index (χ3v) is 6.86. The Labute approximate surface area is 251 Å². The minimum Gasteiger partial charge on any atom is -0.459 e. The van der Waals surface area contributed by atoms with Gasteiger partial charge in [-0.1, -0.05) is 60.7 Å². The largest absolute Gasteiger partial charge is 0.459 e. The highest BCUT2D eigenvalue weighted by atomic mass is 16.7. The van der Waals surface area contributed by atoms with Crippen molar-refractivity contribution in [2.75, 3.05) is 6.61 Å². The maximum absolute atomic E-state index is 13.3. The van der Waals surface area contributed by atoms with Crippen LogP contribution in [0.25, 0.3) is 0 Å². The topological polar surface area (TPSA) is 143 Å². The molecule has 11 nitrogen and oxygen atoms in total. The van der Waals surface area contributed by atoms with Gasteiger partial charge in [0, 0.05) is 11.8 Å². The van der Waals surface area contributed by atoms with Crippen LogP contribution in [0.5, 0.6) is 0 Å². The zero-order chi connectivity index (χ0) is 31.1. The van der Waals surface area contributed by atoms with Crippen LogP contribution in [-0.2, 0) is 25.4 Å². The molecule has 11 heteroatoms. The fourth-order valence-electron chi connectivity index (χ4n) is 4.70. The molecule has 1 aliphatic rings. The highest BCUT2D eigenvalue weighted by Gasteiger charge is 2.51. The van der Waals surface area contributed by atoms with Crippen molar-refractivity contribution in [3.63, 3.8) is 0 Å². The molecule has 1 aliphatic heterocycles. The molecule has 4 unspecified atom stereocenters. The number of hydrogen-bond donors (Lipinski definition) is 1. The number of benzene rings is 3. The number of hydrogen-bond acceptors (Lipinski definition) is 9. The smallest absolute Gasteiger partial charge is 0.338 e. The molecule has 5 rings (SSSR count). The molecule has 0 bridgehead atoms. The number of carbonyl (C=O) groups is 3. The number of rotatable bonds is 10. The molecule has 44 heavy (non-hydrogen) atoms. The lowest BCUT2D eigenvalue weighted by atomic mass is 10.1. The molecule has 1 N–H and O–H groups in total. The summed E-state index contributed by atoms with van der Waals surface area (Å²) in [4.78, 5) is 67.0. The molecule has 0 spiro atoms. The van der Waals surface area contributed by atoms with Gasteiger partial charge in [-0.05, 0) is 42.8 Å². The number of esters is 3. The highest BCUT2D eigenvalue weighted by Crippen LogP contribution is 2.35. The maximum Gasteiger partial charge on any atom is 0.338 e. The molecule has 1 aromatic heterocycles. The third-order valence-electron chi connectivity index (χ3n) is 6.86. The van der Waals surface area contributed by atoms with Gasteiger partial charge >= 0.3 is 23.6 Å². The summed E-state index contributed by atoms with van der Waals surface area (Å²) in [6, 6.07) is 24.4. The number of aromatic nitrogens is 2. The van der Waals surface area contributed by atoms with Crippen LogP contribution in [0, 0.1) is 0 Å². The van der Waals surface area contributed by atoms with Gasteiger partial charge < -0.3 is 18.9 Å². The third kappa shape index (κ3) is 6.74. The normalized spacial score (nSPS) is 19.1. The quantitative estimate of drug-likeness (QED) is 0.165. The van der Waals surface area contributed by atoms with Crippen LogP contribution < -0.4 is 11.2 Å². The van der Waals surface area contributed by atoms with Gasteiger partial charge in [0.05, 0.1) is 16.7 Å². The molecule has 0 saturated carbocycles. The maximum atomic E-state index is 13.3. The predicted octanol–water partition coefficient (Wildman–Crippen LogP) is 3.47. The van der Waals surface area contributed by atoms with Crippen molar-refractivity contribution < 1.29 is 33.3 Å². The molecule has 1 fully saturated rings.